The number of carboxylic acids is 1. The molecule has 0 aromatic heterocycles. The second-order valence-electron chi connectivity index (χ2n) is 6.34. The van der Waals surface area contributed by atoms with E-state index in [9.17, 15) is 9.59 Å². The highest BCUT2D eigenvalue weighted by Gasteiger charge is 2.33. The molecule has 1 saturated carbocycles. The maximum Gasteiger partial charge on any atom is 0.315 e. The number of amides is 2. The summed E-state index contributed by atoms with van der Waals surface area (Å²) in [5.41, 5.74) is -0.0651. The van der Waals surface area contributed by atoms with E-state index in [1.165, 1.54) is 0 Å². The van der Waals surface area contributed by atoms with Gasteiger partial charge in [-0.3, -0.25) is 4.79 Å². The summed E-state index contributed by atoms with van der Waals surface area (Å²) >= 11 is 0. The second-order valence-corrected chi connectivity index (χ2v) is 6.34. The first-order chi connectivity index (χ1) is 8.81. The van der Waals surface area contributed by atoms with E-state index < -0.39 is 5.97 Å². The molecule has 1 aliphatic carbocycles. The van der Waals surface area contributed by atoms with Crippen molar-refractivity contribution >= 4 is 12.0 Å². The highest BCUT2D eigenvalue weighted by molar-refractivity contribution is 5.75. The first-order valence-corrected chi connectivity index (χ1v) is 7.08. The molecule has 0 spiro atoms. The minimum atomic E-state index is -0.807. The number of hydrogen-bond acceptors (Lipinski definition) is 2. The van der Waals surface area contributed by atoms with Crippen LogP contribution in [0, 0.1) is 11.8 Å². The number of urea groups is 1. The fraction of sp³-hybridized carbons (Fsp3) is 0.857. The highest BCUT2D eigenvalue weighted by Crippen LogP contribution is 2.30. The average Bonchev–Trinajstić information content (AvgIpc) is 2.22. The zero-order chi connectivity index (χ0) is 14.5. The Morgan fingerprint density at radius 3 is 2.37 bits per heavy atom. The van der Waals surface area contributed by atoms with E-state index in [0.717, 1.165) is 25.7 Å². The molecule has 0 heterocycles. The van der Waals surface area contributed by atoms with E-state index in [2.05, 4.69) is 24.5 Å². The van der Waals surface area contributed by atoms with Crippen molar-refractivity contribution in [3.05, 3.63) is 0 Å². The lowest BCUT2D eigenvalue weighted by Gasteiger charge is -2.39. The van der Waals surface area contributed by atoms with Crippen LogP contribution in [0.5, 0.6) is 0 Å². The van der Waals surface area contributed by atoms with Crippen LogP contribution in [0.3, 0.4) is 0 Å². The summed E-state index contributed by atoms with van der Waals surface area (Å²) in [5.74, 6) is -0.380. The van der Waals surface area contributed by atoms with Gasteiger partial charge in [-0.2, -0.15) is 0 Å². The van der Waals surface area contributed by atoms with E-state index in [1.807, 2.05) is 6.92 Å². The van der Waals surface area contributed by atoms with Crippen molar-refractivity contribution in [2.24, 2.45) is 11.8 Å². The summed E-state index contributed by atoms with van der Waals surface area (Å²) in [6, 6.07) is -0.179. The van der Waals surface area contributed by atoms with Crippen molar-refractivity contribution in [3.8, 4) is 0 Å². The molecular formula is C14H26N2O3. The molecule has 0 bridgehead atoms. The predicted octanol–water partition coefficient (Wildman–Crippen LogP) is 2.37. The summed E-state index contributed by atoms with van der Waals surface area (Å²) in [5, 5.41) is 14.6. The number of carbonyl (C=O) groups excluding carboxylic acids is 1. The standard InChI is InChI=1S/C14H26N2O3/c1-10(2)7-11(8-12(17)18)9-15-13(19)16-14(3)5-4-6-14/h10-11H,4-9H2,1-3H3,(H,17,18)(H2,15,16,19). The van der Waals surface area contributed by atoms with Crippen molar-refractivity contribution in [1.29, 1.82) is 0 Å². The summed E-state index contributed by atoms with van der Waals surface area (Å²) < 4.78 is 0. The van der Waals surface area contributed by atoms with Crippen molar-refractivity contribution < 1.29 is 14.7 Å². The van der Waals surface area contributed by atoms with Gasteiger partial charge in [0.15, 0.2) is 0 Å². The van der Waals surface area contributed by atoms with Gasteiger partial charge in [0.05, 0.1) is 0 Å². The molecule has 0 aromatic carbocycles. The lowest BCUT2D eigenvalue weighted by atomic mass is 9.79. The minimum absolute atomic E-state index is 0.00236. The van der Waals surface area contributed by atoms with E-state index in [1.54, 1.807) is 0 Å². The fourth-order valence-electron chi connectivity index (χ4n) is 2.54. The van der Waals surface area contributed by atoms with Crippen LogP contribution < -0.4 is 10.6 Å². The third-order valence-corrected chi connectivity index (χ3v) is 3.69. The SMILES string of the molecule is CC(C)CC(CNC(=O)NC1(C)CCC1)CC(=O)O. The van der Waals surface area contributed by atoms with Crippen LogP contribution in [0.2, 0.25) is 0 Å². The Morgan fingerprint density at radius 2 is 1.95 bits per heavy atom. The van der Waals surface area contributed by atoms with Gasteiger partial charge >= 0.3 is 12.0 Å². The molecule has 1 aliphatic rings. The lowest BCUT2D eigenvalue weighted by molar-refractivity contribution is -0.138. The predicted molar refractivity (Wildman–Crippen MR) is 74.0 cm³/mol. The molecule has 1 rings (SSSR count). The lowest BCUT2D eigenvalue weighted by Crippen LogP contribution is -2.54. The maximum absolute atomic E-state index is 11.8. The molecule has 0 saturated heterocycles. The van der Waals surface area contributed by atoms with Crippen LogP contribution >= 0.6 is 0 Å². The zero-order valence-electron chi connectivity index (χ0n) is 12.2. The molecule has 3 N–H and O–H groups in total. The van der Waals surface area contributed by atoms with Gasteiger partial charge in [-0.1, -0.05) is 13.8 Å². The van der Waals surface area contributed by atoms with Gasteiger partial charge in [0.1, 0.15) is 0 Å². The van der Waals surface area contributed by atoms with Gasteiger partial charge in [0.25, 0.3) is 0 Å². The molecule has 0 radical (unpaired) electrons. The fourth-order valence-corrected chi connectivity index (χ4v) is 2.54. The van der Waals surface area contributed by atoms with Gasteiger partial charge in [0, 0.05) is 18.5 Å². The topological polar surface area (TPSA) is 78.4 Å². The molecule has 1 fully saturated rings. The zero-order valence-corrected chi connectivity index (χ0v) is 12.2. The van der Waals surface area contributed by atoms with Crippen molar-refractivity contribution in [3.63, 3.8) is 0 Å². The normalized spacial score (nSPS) is 18.5. The number of carbonyl (C=O) groups is 2. The molecule has 1 atom stereocenters. The van der Waals surface area contributed by atoms with Gasteiger partial charge in [-0.05, 0) is 44.4 Å². The van der Waals surface area contributed by atoms with Crippen LogP contribution in [0.4, 0.5) is 4.79 Å². The molecule has 110 valence electrons. The summed E-state index contributed by atoms with van der Waals surface area (Å²) in [6.07, 6.45) is 4.11. The van der Waals surface area contributed by atoms with E-state index in [-0.39, 0.29) is 23.9 Å². The van der Waals surface area contributed by atoms with Crippen LogP contribution in [-0.4, -0.2) is 29.2 Å². The number of rotatable bonds is 7. The van der Waals surface area contributed by atoms with Crippen LogP contribution in [-0.2, 0) is 4.79 Å². The molecule has 19 heavy (non-hydrogen) atoms. The highest BCUT2D eigenvalue weighted by atomic mass is 16.4. The van der Waals surface area contributed by atoms with Crippen LogP contribution in [0.15, 0.2) is 0 Å². The summed E-state index contributed by atoms with van der Waals surface area (Å²) in [7, 11) is 0. The van der Waals surface area contributed by atoms with E-state index >= 15 is 0 Å². The van der Waals surface area contributed by atoms with Gasteiger partial charge < -0.3 is 15.7 Å². The Balaban J connectivity index is 2.33. The largest absolute Gasteiger partial charge is 0.481 e. The molecular weight excluding hydrogens is 244 g/mol. The number of carboxylic acid groups (broad SMARTS) is 1. The third-order valence-electron chi connectivity index (χ3n) is 3.69. The van der Waals surface area contributed by atoms with E-state index in [0.29, 0.717) is 12.5 Å². The first-order valence-electron chi connectivity index (χ1n) is 7.08. The second kappa shape index (κ2) is 6.78. The van der Waals surface area contributed by atoms with Crippen molar-refractivity contribution in [1.82, 2.24) is 10.6 Å². The molecule has 2 amide bonds. The molecule has 0 aliphatic heterocycles. The Bertz CT molecular complexity index is 325. The van der Waals surface area contributed by atoms with Crippen LogP contribution in [0.1, 0.15) is 52.9 Å². The number of hydrogen-bond donors (Lipinski definition) is 3. The van der Waals surface area contributed by atoms with Gasteiger partial charge in [0.2, 0.25) is 0 Å². The smallest absolute Gasteiger partial charge is 0.315 e. The Hall–Kier alpha value is -1.26. The minimum Gasteiger partial charge on any atom is -0.481 e. The van der Waals surface area contributed by atoms with Crippen molar-refractivity contribution in [2.75, 3.05) is 6.54 Å². The number of nitrogens with one attached hydrogen (secondary N) is 2. The first kappa shape index (κ1) is 15.8. The average molecular weight is 270 g/mol. The Kier molecular flexibility index (Phi) is 5.63. The monoisotopic (exact) mass is 270 g/mol. The van der Waals surface area contributed by atoms with Gasteiger partial charge in [-0.15, -0.1) is 0 Å². The third kappa shape index (κ3) is 5.94. The van der Waals surface area contributed by atoms with Crippen molar-refractivity contribution in [2.45, 2.75) is 58.4 Å². The molecule has 0 aromatic rings. The van der Waals surface area contributed by atoms with Gasteiger partial charge in [-0.25, -0.2) is 4.79 Å². The maximum atomic E-state index is 11.8. The number of aliphatic carboxylic acids is 1. The quantitative estimate of drug-likeness (QED) is 0.664. The summed E-state index contributed by atoms with van der Waals surface area (Å²) in [4.78, 5) is 22.5. The molecule has 1 unspecified atom stereocenters. The van der Waals surface area contributed by atoms with E-state index in [4.69, 9.17) is 5.11 Å². The molecule has 5 heteroatoms. The Labute approximate surface area is 115 Å². The van der Waals surface area contributed by atoms with Crippen LogP contribution in [0.25, 0.3) is 0 Å². The Morgan fingerprint density at radius 1 is 1.32 bits per heavy atom. The summed E-state index contributed by atoms with van der Waals surface area (Å²) in [6.45, 7) is 6.58. The molecule has 5 nitrogen and oxygen atoms in total.